The number of likely N-dealkylation sites (N-methyl/N-ethyl adjacent to an activating group) is 1. The number of hydrogen-bond donors (Lipinski definition) is 1. The van der Waals surface area contributed by atoms with Crippen LogP contribution in [0, 0.1) is 0 Å². The molecule has 0 saturated heterocycles. The van der Waals surface area contributed by atoms with Crippen LogP contribution in [0.2, 0.25) is 0 Å². The molecule has 2 atom stereocenters. The zero-order valence-electron chi connectivity index (χ0n) is 19.6. The number of fused-ring (bicyclic) bond motifs is 1. The molecule has 0 aliphatic carbocycles. The Kier molecular flexibility index (Phi) is 7.20. The van der Waals surface area contributed by atoms with Gasteiger partial charge in [-0.15, -0.1) is 0 Å². The zero-order chi connectivity index (χ0) is 24.3. The van der Waals surface area contributed by atoms with E-state index in [1.165, 1.54) is 26.2 Å². The standard InChI is InChI=1S/C24H29NO8/c1-7-32-19-9-13-14(10-20(19)33-8-2)23(26)25(3)22(21(13)24(27)28)15-11-17(30-5)18(31-6)12-16(15)29-4/h9-12,21-22H,7-8H2,1-6H3,(H,27,28). The Morgan fingerprint density at radius 3 is 1.88 bits per heavy atom. The second-order valence-corrected chi connectivity index (χ2v) is 7.38. The van der Waals surface area contributed by atoms with Crippen LogP contribution in [0.25, 0.3) is 0 Å². The highest BCUT2D eigenvalue weighted by atomic mass is 16.5. The van der Waals surface area contributed by atoms with Crippen molar-refractivity contribution in [3.8, 4) is 28.7 Å². The fourth-order valence-electron chi connectivity index (χ4n) is 4.21. The molecule has 2 unspecified atom stereocenters. The van der Waals surface area contributed by atoms with Gasteiger partial charge in [0, 0.05) is 24.2 Å². The van der Waals surface area contributed by atoms with E-state index in [1.807, 2.05) is 13.8 Å². The number of ether oxygens (including phenoxy) is 5. The van der Waals surface area contributed by atoms with Crippen molar-refractivity contribution in [2.45, 2.75) is 25.8 Å². The fourth-order valence-corrected chi connectivity index (χ4v) is 4.21. The van der Waals surface area contributed by atoms with Crippen molar-refractivity contribution in [2.75, 3.05) is 41.6 Å². The van der Waals surface area contributed by atoms with Gasteiger partial charge in [-0.05, 0) is 37.6 Å². The Morgan fingerprint density at radius 1 is 0.848 bits per heavy atom. The van der Waals surface area contributed by atoms with Crippen molar-refractivity contribution in [1.82, 2.24) is 4.90 Å². The third-order valence-electron chi connectivity index (χ3n) is 5.65. The van der Waals surface area contributed by atoms with Crippen molar-refractivity contribution in [2.24, 2.45) is 0 Å². The molecule has 0 radical (unpaired) electrons. The van der Waals surface area contributed by atoms with Crippen molar-refractivity contribution >= 4 is 11.9 Å². The summed E-state index contributed by atoms with van der Waals surface area (Å²) >= 11 is 0. The van der Waals surface area contributed by atoms with Gasteiger partial charge in [-0.1, -0.05) is 0 Å². The molecule has 1 aliphatic heterocycles. The van der Waals surface area contributed by atoms with Crippen molar-refractivity contribution in [1.29, 1.82) is 0 Å². The number of benzene rings is 2. The van der Waals surface area contributed by atoms with Gasteiger partial charge in [-0.2, -0.15) is 0 Å². The average molecular weight is 459 g/mol. The lowest BCUT2D eigenvalue weighted by Gasteiger charge is -2.39. The van der Waals surface area contributed by atoms with E-state index in [1.54, 1.807) is 31.3 Å². The Labute approximate surface area is 192 Å². The number of carboxylic acid groups (broad SMARTS) is 1. The quantitative estimate of drug-likeness (QED) is 0.608. The van der Waals surface area contributed by atoms with Crippen LogP contribution in [0.3, 0.4) is 0 Å². The summed E-state index contributed by atoms with van der Waals surface area (Å²) < 4.78 is 27.6. The highest BCUT2D eigenvalue weighted by Gasteiger charge is 2.45. The predicted molar refractivity (Wildman–Crippen MR) is 120 cm³/mol. The van der Waals surface area contributed by atoms with E-state index in [4.69, 9.17) is 23.7 Å². The maximum atomic E-state index is 13.4. The van der Waals surface area contributed by atoms with Crippen LogP contribution < -0.4 is 23.7 Å². The topological polar surface area (TPSA) is 104 Å². The van der Waals surface area contributed by atoms with Crippen LogP contribution in [-0.4, -0.2) is 63.5 Å². The van der Waals surface area contributed by atoms with Crippen LogP contribution in [0.15, 0.2) is 24.3 Å². The Morgan fingerprint density at radius 2 is 1.36 bits per heavy atom. The van der Waals surface area contributed by atoms with E-state index >= 15 is 0 Å². The molecule has 1 N–H and O–H groups in total. The van der Waals surface area contributed by atoms with Gasteiger partial charge in [-0.25, -0.2) is 0 Å². The monoisotopic (exact) mass is 459 g/mol. The van der Waals surface area contributed by atoms with Crippen LogP contribution in [0.1, 0.15) is 47.3 Å². The molecule has 9 heteroatoms. The first-order chi connectivity index (χ1) is 15.8. The molecule has 0 fully saturated rings. The second-order valence-electron chi connectivity index (χ2n) is 7.38. The minimum atomic E-state index is -1.09. The summed E-state index contributed by atoms with van der Waals surface area (Å²) in [5.41, 5.74) is 1.09. The van der Waals surface area contributed by atoms with Gasteiger partial charge in [-0.3, -0.25) is 9.59 Å². The van der Waals surface area contributed by atoms with E-state index in [0.717, 1.165) is 0 Å². The molecule has 1 amide bonds. The van der Waals surface area contributed by atoms with Crippen LogP contribution in [0.5, 0.6) is 28.7 Å². The van der Waals surface area contributed by atoms with Gasteiger partial charge >= 0.3 is 5.97 Å². The SMILES string of the molecule is CCOc1cc2c(cc1OCC)C(C(=O)O)C(c1cc(OC)c(OC)cc1OC)N(C)C2=O. The van der Waals surface area contributed by atoms with Gasteiger partial charge in [0.1, 0.15) is 11.7 Å². The maximum Gasteiger partial charge on any atom is 0.313 e. The van der Waals surface area contributed by atoms with E-state index in [-0.39, 0.29) is 11.5 Å². The summed E-state index contributed by atoms with van der Waals surface area (Å²) in [6.07, 6.45) is 0. The smallest absolute Gasteiger partial charge is 0.313 e. The second kappa shape index (κ2) is 9.89. The lowest BCUT2D eigenvalue weighted by molar-refractivity contribution is -0.140. The molecule has 33 heavy (non-hydrogen) atoms. The molecule has 0 spiro atoms. The van der Waals surface area contributed by atoms with Crippen LogP contribution >= 0.6 is 0 Å². The third-order valence-corrected chi connectivity index (χ3v) is 5.65. The Bertz CT molecular complexity index is 1050. The molecular weight excluding hydrogens is 430 g/mol. The number of hydrogen-bond acceptors (Lipinski definition) is 7. The summed E-state index contributed by atoms with van der Waals surface area (Å²) in [4.78, 5) is 27.4. The molecule has 178 valence electrons. The summed E-state index contributed by atoms with van der Waals surface area (Å²) in [6.45, 7) is 4.37. The largest absolute Gasteiger partial charge is 0.496 e. The lowest BCUT2D eigenvalue weighted by Crippen LogP contribution is -2.42. The molecule has 2 aromatic rings. The van der Waals surface area contributed by atoms with Gasteiger partial charge in [0.05, 0.1) is 40.6 Å². The summed E-state index contributed by atoms with van der Waals surface area (Å²) in [7, 11) is 6.02. The first kappa shape index (κ1) is 24.0. The first-order valence-electron chi connectivity index (χ1n) is 10.6. The summed E-state index contributed by atoms with van der Waals surface area (Å²) in [6, 6.07) is 5.54. The summed E-state index contributed by atoms with van der Waals surface area (Å²) in [5, 5.41) is 10.3. The Hall–Kier alpha value is -3.62. The number of carboxylic acids is 1. The normalized spacial score (nSPS) is 17.3. The fraction of sp³-hybridized carbons (Fsp3) is 0.417. The van der Waals surface area contributed by atoms with Gasteiger partial charge in [0.15, 0.2) is 23.0 Å². The highest BCUT2D eigenvalue weighted by molar-refractivity contribution is 6.01. The van der Waals surface area contributed by atoms with E-state index in [9.17, 15) is 14.7 Å². The number of rotatable bonds is 9. The number of nitrogens with zero attached hydrogens (tertiary/aromatic N) is 1. The van der Waals surface area contributed by atoms with Crippen molar-refractivity contribution in [3.63, 3.8) is 0 Å². The molecule has 3 rings (SSSR count). The van der Waals surface area contributed by atoms with E-state index in [0.29, 0.717) is 53.1 Å². The molecule has 0 aromatic heterocycles. The van der Waals surface area contributed by atoms with Crippen molar-refractivity contribution in [3.05, 3.63) is 41.0 Å². The maximum absolute atomic E-state index is 13.4. The predicted octanol–water partition coefficient (Wildman–Crippen LogP) is 3.50. The van der Waals surface area contributed by atoms with Crippen LogP contribution in [-0.2, 0) is 4.79 Å². The number of aliphatic carboxylic acids is 1. The molecule has 2 aromatic carbocycles. The highest BCUT2D eigenvalue weighted by Crippen LogP contribution is 2.49. The van der Waals surface area contributed by atoms with E-state index in [2.05, 4.69) is 0 Å². The van der Waals surface area contributed by atoms with Gasteiger partial charge < -0.3 is 33.7 Å². The number of carbonyl (C=O) groups is 2. The number of amides is 1. The van der Waals surface area contributed by atoms with Gasteiger partial charge in [0.25, 0.3) is 5.91 Å². The molecular formula is C24H29NO8. The third kappa shape index (κ3) is 4.22. The van der Waals surface area contributed by atoms with Gasteiger partial charge in [0.2, 0.25) is 0 Å². The molecule has 0 saturated carbocycles. The minimum absolute atomic E-state index is 0.257. The molecule has 9 nitrogen and oxygen atoms in total. The molecule has 1 aliphatic rings. The van der Waals surface area contributed by atoms with E-state index < -0.39 is 17.9 Å². The Balaban J connectivity index is 2.28. The average Bonchev–Trinajstić information content (AvgIpc) is 2.81. The van der Waals surface area contributed by atoms with Crippen molar-refractivity contribution < 1.29 is 38.4 Å². The first-order valence-corrected chi connectivity index (χ1v) is 10.6. The number of methoxy groups -OCH3 is 3. The van der Waals surface area contributed by atoms with Crippen LogP contribution in [0.4, 0.5) is 0 Å². The molecule has 1 heterocycles. The lowest BCUT2D eigenvalue weighted by atomic mass is 9.79. The zero-order valence-corrected chi connectivity index (χ0v) is 19.6. The molecule has 0 bridgehead atoms. The summed E-state index contributed by atoms with van der Waals surface area (Å²) in [5.74, 6) is -0.545. The minimum Gasteiger partial charge on any atom is -0.496 e. The number of carbonyl (C=O) groups excluding carboxylic acids is 1.